The second kappa shape index (κ2) is 5.26. The molecular formula is C17H23N3O. The maximum atomic E-state index is 6.20. The average Bonchev–Trinajstić information content (AvgIpc) is 2.94. The lowest BCUT2D eigenvalue weighted by Gasteiger charge is -2.23. The highest BCUT2D eigenvalue weighted by Gasteiger charge is 2.30. The summed E-state index contributed by atoms with van der Waals surface area (Å²) in [6.45, 7) is 6.25. The van der Waals surface area contributed by atoms with Crippen LogP contribution in [0.1, 0.15) is 62.0 Å². The van der Waals surface area contributed by atoms with Gasteiger partial charge in [-0.15, -0.1) is 0 Å². The zero-order valence-corrected chi connectivity index (χ0v) is 13.0. The molecule has 2 N–H and O–H groups in total. The summed E-state index contributed by atoms with van der Waals surface area (Å²) in [7, 11) is 0. The molecule has 1 aliphatic carbocycles. The van der Waals surface area contributed by atoms with Crippen LogP contribution in [-0.2, 0) is 12.8 Å². The largest absolute Gasteiger partial charge is 0.338 e. The fraction of sp³-hybridized carbons (Fsp3) is 0.529. The van der Waals surface area contributed by atoms with Gasteiger partial charge in [0.2, 0.25) is 5.89 Å². The summed E-state index contributed by atoms with van der Waals surface area (Å²) in [4.78, 5) is 4.57. The van der Waals surface area contributed by atoms with E-state index in [2.05, 4.69) is 55.2 Å². The second-order valence-electron chi connectivity index (χ2n) is 7.04. The Bertz CT molecular complexity index is 627. The van der Waals surface area contributed by atoms with E-state index in [1.54, 1.807) is 0 Å². The van der Waals surface area contributed by atoms with E-state index in [9.17, 15) is 0 Å². The molecule has 3 rings (SSSR count). The van der Waals surface area contributed by atoms with Crippen molar-refractivity contribution < 1.29 is 4.52 Å². The fourth-order valence-corrected chi connectivity index (χ4v) is 2.83. The third-order valence-electron chi connectivity index (χ3n) is 4.37. The van der Waals surface area contributed by atoms with Gasteiger partial charge in [-0.1, -0.05) is 50.2 Å². The summed E-state index contributed by atoms with van der Waals surface area (Å²) >= 11 is 0. The molecule has 4 heteroatoms. The zero-order chi connectivity index (χ0) is 15.0. The van der Waals surface area contributed by atoms with Gasteiger partial charge in [-0.3, -0.25) is 0 Å². The Labute approximate surface area is 125 Å². The van der Waals surface area contributed by atoms with Gasteiger partial charge in [-0.2, -0.15) is 4.98 Å². The van der Waals surface area contributed by atoms with Crippen LogP contribution in [0.25, 0.3) is 0 Å². The maximum Gasteiger partial charge on any atom is 0.244 e. The van der Waals surface area contributed by atoms with Crippen LogP contribution in [0, 0.1) is 5.41 Å². The lowest BCUT2D eigenvalue weighted by Crippen LogP contribution is -2.26. The number of rotatable bonds is 2. The van der Waals surface area contributed by atoms with E-state index in [0.29, 0.717) is 11.8 Å². The molecule has 2 unspecified atom stereocenters. The Hall–Kier alpha value is -1.68. The van der Waals surface area contributed by atoms with Crippen LogP contribution < -0.4 is 5.73 Å². The summed E-state index contributed by atoms with van der Waals surface area (Å²) in [5, 5.41) is 4.18. The molecule has 2 aromatic rings. The van der Waals surface area contributed by atoms with Crippen molar-refractivity contribution in [2.75, 3.05) is 0 Å². The van der Waals surface area contributed by atoms with Crippen LogP contribution in [0.4, 0.5) is 0 Å². The Morgan fingerprint density at radius 1 is 1.24 bits per heavy atom. The van der Waals surface area contributed by atoms with E-state index in [1.807, 2.05) is 0 Å². The molecule has 1 aliphatic rings. The van der Waals surface area contributed by atoms with E-state index in [0.717, 1.165) is 25.1 Å². The predicted molar refractivity (Wildman–Crippen MR) is 81.9 cm³/mol. The summed E-state index contributed by atoms with van der Waals surface area (Å²) in [5.41, 5.74) is 8.97. The lowest BCUT2D eigenvalue weighted by molar-refractivity contribution is 0.252. The highest BCUT2D eigenvalue weighted by atomic mass is 16.5. The normalized spacial score (nSPS) is 20.1. The molecule has 0 amide bonds. The van der Waals surface area contributed by atoms with Crippen molar-refractivity contribution >= 4 is 0 Å². The Morgan fingerprint density at radius 2 is 1.95 bits per heavy atom. The molecule has 0 saturated carbocycles. The topological polar surface area (TPSA) is 64.9 Å². The molecule has 1 heterocycles. The quantitative estimate of drug-likeness (QED) is 0.918. The second-order valence-corrected chi connectivity index (χ2v) is 7.04. The predicted octanol–water partition coefficient (Wildman–Crippen LogP) is 3.39. The minimum atomic E-state index is -0.227. The number of hydrogen-bond acceptors (Lipinski definition) is 4. The molecule has 4 nitrogen and oxygen atoms in total. The molecule has 0 aliphatic heterocycles. The van der Waals surface area contributed by atoms with Gasteiger partial charge >= 0.3 is 0 Å². The minimum absolute atomic E-state index is 0.0804. The number of hydrogen-bond donors (Lipinski definition) is 1. The highest BCUT2D eigenvalue weighted by Crippen LogP contribution is 2.33. The zero-order valence-electron chi connectivity index (χ0n) is 13.0. The smallest absolute Gasteiger partial charge is 0.244 e. The number of nitrogens with zero attached hydrogens (tertiary/aromatic N) is 2. The first kappa shape index (κ1) is 14.3. The molecule has 21 heavy (non-hydrogen) atoms. The molecule has 1 aromatic heterocycles. The summed E-state index contributed by atoms with van der Waals surface area (Å²) in [6, 6.07) is 8.38. The molecule has 0 saturated heterocycles. The van der Waals surface area contributed by atoms with Crippen molar-refractivity contribution in [3.05, 3.63) is 47.1 Å². The first-order valence-corrected chi connectivity index (χ1v) is 7.61. The first-order chi connectivity index (χ1) is 9.95. The molecule has 2 atom stereocenters. The van der Waals surface area contributed by atoms with Crippen LogP contribution in [0.5, 0.6) is 0 Å². The van der Waals surface area contributed by atoms with Crippen molar-refractivity contribution in [3.8, 4) is 0 Å². The van der Waals surface area contributed by atoms with Crippen LogP contribution in [0.3, 0.4) is 0 Å². The van der Waals surface area contributed by atoms with Crippen molar-refractivity contribution in [1.29, 1.82) is 0 Å². The van der Waals surface area contributed by atoms with E-state index < -0.39 is 0 Å². The van der Waals surface area contributed by atoms with Crippen LogP contribution in [-0.4, -0.2) is 10.1 Å². The first-order valence-electron chi connectivity index (χ1n) is 7.61. The van der Waals surface area contributed by atoms with Crippen LogP contribution in [0.2, 0.25) is 0 Å². The third-order valence-corrected chi connectivity index (χ3v) is 4.37. The van der Waals surface area contributed by atoms with Gasteiger partial charge in [0, 0.05) is 5.92 Å². The minimum Gasteiger partial charge on any atom is -0.338 e. The number of nitrogens with two attached hydrogens (primary N) is 1. The highest BCUT2D eigenvalue weighted by molar-refractivity contribution is 5.31. The number of benzene rings is 1. The van der Waals surface area contributed by atoms with E-state index in [1.165, 1.54) is 11.1 Å². The molecular weight excluding hydrogens is 262 g/mol. The van der Waals surface area contributed by atoms with Gasteiger partial charge in [-0.25, -0.2) is 0 Å². The van der Waals surface area contributed by atoms with Crippen LogP contribution in [0.15, 0.2) is 28.8 Å². The summed E-state index contributed by atoms with van der Waals surface area (Å²) < 4.78 is 5.41. The Balaban J connectivity index is 1.79. The van der Waals surface area contributed by atoms with Gasteiger partial charge in [0.05, 0.1) is 6.04 Å². The van der Waals surface area contributed by atoms with E-state index in [-0.39, 0.29) is 11.5 Å². The summed E-state index contributed by atoms with van der Waals surface area (Å²) in [6.07, 6.45) is 3.14. The average molecular weight is 285 g/mol. The number of fused-ring (bicyclic) bond motifs is 1. The van der Waals surface area contributed by atoms with E-state index in [4.69, 9.17) is 10.3 Å². The molecule has 0 bridgehead atoms. The monoisotopic (exact) mass is 285 g/mol. The molecule has 1 aromatic carbocycles. The van der Waals surface area contributed by atoms with E-state index >= 15 is 0 Å². The third kappa shape index (κ3) is 2.86. The van der Waals surface area contributed by atoms with Crippen LogP contribution >= 0.6 is 0 Å². The maximum absolute atomic E-state index is 6.20. The molecule has 0 radical (unpaired) electrons. The van der Waals surface area contributed by atoms with Gasteiger partial charge in [-0.05, 0) is 35.8 Å². The number of aromatic nitrogens is 2. The standard InChI is InChI=1S/C17H23N3O/c1-17(2,3)14(18)16-19-15(20-21-16)13-9-8-11-6-4-5-7-12(11)10-13/h4-7,13-14H,8-10,18H2,1-3H3. The van der Waals surface area contributed by atoms with Gasteiger partial charge < -0.3 is 10.3 Å². The SMILES string of the molecule is CC(C)(C)C(N)c1nc(C2CCc3ccccc3C2)no1. The van der Waals surface area contributed by atoms with Crippen molar-refractivity contribution in [2.45, 2.75) is 52.0 Å². The lowest BCUT2D eigenvalue weighted by atomic mass is 9.83. The van der Waals surface area contributed by atoms with Gasteiger partial charge in [0.25, 0.3) is 0 Å². The Morgan fingerprint density at radius 3 is 2.67 bits per heavy atom. The molecule has 0 spiro atoms. The van der Waals surface area contributed by atoms with Crippen molar-refractivity contribution in [1.82, 2.24) is 10.1 Å². The van der Waals surface area contributed by atoms with Crippen molar-refractivity contribution in [3.63, 3.8) is 0 Å². The molecule has 112 valence electrons. The molecule has 0 fully saturated rings. The Kier molecular flexibility index (Phi) is 3.57. The summed E-state index contributed by atoms with van der Waals surface area (Å²) in [5.74, 6) is 1.69. The van der Waals surface area contributed by atoms with Gasteiger partial charge in [0.15, 0.2) is 5.82 Å². The number of aryl methyl sites for hydroxylation is 1. The van der Waals surface area contributed by atoms with Crippen molar-refractivity contribution in [2.24, 2.45) is 11.1 Å². The van der Waals surface area contributed by atoms with Gasteiger partial charge in [0.1, 0.15) is 0 Å². The fourth-order valence-electron chi connectivity index (χ4n) is 2.83.